The van der Waals surface area contributed by atoms with Crippen molar-refractivity contribution in [2.24, 2.45) is 5.73 Å². The van der Waals surface area contributed by atoms with Crippen LogP contribution in [0.5, 0.6) is 5.88 Å². The third-order valence-corrected chi connectivity index (χ3v) is 4.53. The lowest BCUT2D eigenvalue weighted by molar-refractivity contribution is 0.311. The summed E-state index contributed by atoms with van der Waals surface area (Å²) >= 11 is 16.3. The first-order chi connectivity index (χ1) is 11.1. The van der Waals surface area contributed by atoms with E-state index in [1.807, 2.05) is 24.3 Å². The van der Waals surface area contributed by atoms with Crippen LogP contribution >= 0.6 is 35.8 Å². The van der Waals surface area contributed by atoms with E-state index in [0.29, 0.717) is 41.3 Å². The maximum Gasteiger partial charge on any atom is 0.237 e. The van der Waals surface area contributed by atoms with Gasteiger partial charge in [0.1, 0.15) is 0 Å². The third kappa shape index (κ3) is 5.46. The first kappa shape index (κ1) is 18.2. The van der Waals surface area contributed by atoms with E-state index in [2.05, 4.69) is 22.9 Å². The molecule has 1 aromatic carbocycles. The minimum absolute atomic E-state index is 0.0309. The van der Waals surface area contributed by atoms with Gasteiger partial charge < -0.3 is 15.8 Å². The number of nitrogens with zero attached hydrogens (tertiary/aromatic N) is 1. The first-order valence-corrected chi connectivity index (χ1v) is 8.61. The Hall–Kier alpha value is -1.14. The normalized spacial score (nSPS) is 12.0. The van der Waals surface area contributed by atoms with Crippen LogP contribution in [0.15, 0.2) is 36.5 Å². The van der Waals surface area contributed by atoms with Gasteiger partial charge in [0.15, 0.2) is 0 Å². The van der Waals surface area contributed by atoms with E-state index in [0.717, 1.165) is 11.3 Å². The molecule has 0 spiro atoms. The van der Waals surface area contributed by atoms with Crippen LogP contribution in [0.1, 0.15) is 5.56 Å². The number of hydrogen-bond donors (Lipinski definition) is 3. The Morgan fingerprint density at radius 3 is 2.87 bits per heavy atom. The van der Waals surface area contributed by atoms with Crippen molar-refractivity contribution in [3.05, 3.63) is 52.1 Å². The van der Waals surface area contributed by atoms with Gasteiger partial charge in [0.05, 0.1) is 22.3 Å². The Morgan fingerprint density at radius 1 is 1.26 bits per heavy atom. The molecule has 23 heavy (non-hydrogen) atoms. The predicted molar refractivity (Wildman–Crippen MR) is 100 cm³/mol. The van der Waals surface area contributed by atoms with E-state index in [-0.39, 0.29) is 6.04 Å². The number of rotatable bonds is 8. The van der Waals surface area contributed by atoms with Gasteiger partial charge >= 0.3 is 0 Å². The maximum absolute atomic E-state index is 6.17. The second-order valence-electron chi connectivity index (χ2n) is 4.99. The molecule has 0 aliphatic carbocycles. The summed E-state index contributed by atoms with van der Waals surface area (Å²) in [5, 5.41) is 4.34. The Labute approximate surface area is 151 Å². The number of hydrogen-bond acceptors (Lipinski definition) is 5. The molecule has 0 saturated carbocycles. The summed E-state index contributed by atoms with van der Waals surface area (Å²) in [5.41, 5.74) is 7.60. The first-order valence-electron chi connectivity index (χ1n) is 7.23. The quantitative estimate of drug-likeness (QED) is 0.619. The highest BCUT2D eigenvalue weighted by Crippen LogP contribution is 2.26. The van der Waals surface area contributed by atoms with Crippen LogP contribution in [0.2, 0.25) is 10.0 Å². The Morgan fingerprint density at radius 2 is 2.09 bits per heavy atom. The van der Waals surface area contributed by atoms with Crippen molar-refractivity contribution >= 4 is 41.5 Å². The lowest BCUT2D eigenvalue weighted by atomic mass is 10.2. The highest BCUT2D eigenvalue weighted by Gasteiger charge is 2.08. The standard InChI is InChI=1S/C16H19Cl2N3OS/c17-13-4-1-3-11(15(13)18)6-8-22-16-14(5-2-7-20-16)21-9-12(19)10-23/h1-5,7,12,21,23H,6,8-10,19H2. The molecule has 1 unspecified atom stereocenters. The van der Waals surface area contributed by atoms with Crippen LogP contribution in [-0.4, -0.2) is 29.9 Å². The SMILES string of the molecule is NC(CS)CNc1cccnc1OCCc1cccc(Cl)c1Cl. The summed E-state index contributed by atoms with van der Waals surface area (Å²) in [6.07, 6.45) is 2.33. The molecule has 1 aromatic heterocycles. The van der Waals surface area contributed by atoms with Crippen molar-refractivity contribution in [1.82, 2.24) is 4.98 Å². The largest absolute Gasteiger partial charge is 0.476 e. The number of nitrogens with two attached hydrogens (primary N) is 1. The molecule has 1 atom stereocenters. The molecule has 0 amide bonds. The van der Waals surface area contributed by atoms with Gasteiger partial charge in [0, 0.05) is 31.0 Å². The molecule has 0 aliphatic rings. The number of ether oxygens (including phenoxy) is 1. The summed E-state index contributed by atoms with van der Waals surface area (Å²) in [7, 11) is 0. The molecule has 2 aromatic rings. The average Bonchev–Trinajstić information content (AvgIpc) is 2.57. The number of pyridine rings is 1. The van der Waals surface area contributed by atoms with E-state index in [1.54, 1.807) is 12.3 Å². The number of aromatic nitrogens is 1. The van der Waals surface area contributed by atoms with E-state index < -0.39 is 0 Å². The molecule has 124 valence electrons. The number of thiol groups is 1. The topological polar surface area (TPSA) is 60.2 Å². The monoisotopic (exact) mass is 371 g/mol. The van der Waals surface area contributed by atoms with Crippen molar-refractivity contribution in [2.75, 3.05) is 24.2 Å². The minimum Gasteiger partial charge on any atom is -0.476 e. The molecule has 0 bridgehead atoms. The maximum atomic E-state index is 6.17. The van der Waals surface area contributed by atoms with Crippen LogP contribution in [0.3, 0.4) is 0 Å². The zero-order valence-electron chi connectivity index (χ0n) is 12.5. The summed E-state index contributed by atoms with van der Waals surface area (Å²) in [6.45, 7) is 1.05. The Bertz CT molecular complexity index is 642. The fourth-order valence-corrected chi connectivity index (χ4v) is 2.49. The van der Waals surface area contributed by atoms with Gasteiger partial charge in [-0.05, 0) is 23.8 Å². The van der Waals surface area contributed by atoms with Crippen molar-refractivity contribution in [1.29, 1.82) is 0 Å². The zero-order chi connectivity index (χ0) is 16.7. The number of benzene rings is 1. The van der Waals surface area contributed by atoms with Crippen LogP contribution in [-0.2, 0) is 6.42 Å². The zero-order valence-corrected chi connectivity index (χ0v) is 14.9. The Balaban J connectivity index is 1.94. The molecule has 7 heteroatoms. The third-order valence-electron chi connectivity index (χ3n) is 3.20. The van der Waals surface area contributed by atoms with E-state index >= 15 is 0 Å². The predicted octanol–water partition coefficient (Wildman–Crippen LogP) is 3.68. The average molecular weight is 372 g/mol. The molecule has 0 saturated heterocycles. The molecular formula is C16H19Cl2N3OS. The number of anilines is 1. The van der Waals surface area contributed by atoms with Crippen LogP contribution in [0, 0.1) is 0 Å². The smallest absolute Gasteiger partial charge is 0.237 e. The minimum atomic E-state index is -0.0309. The molecule has 0 aliphatic heterocycles. The van der Waals surface area contributed by atoms with E-state index in [1.165, 1.54) is 0 Å². The van der Waals surface area contributed by atoms with Crippen molar-refractivity contribution in [3.63, 3.8) is 0 Å². The second-order valence-corrected chi connectivity index (χ2v) is 6.14. The molecule has 3 N–H and O–H groups in total. The van der Waals surface area contributed by atoms with E-state index in [9.17, 15) is 0 Å². The summed E-state index contributed by atoms with van der Waals surface area (Å²) in [4.78, 5) is 4.25. The van der Waals surface area contributed by atoms with Crippen LogP contribution < -0.4 is 15.8 Å². The molecule has 0 fully saturated rings. The fourth-order valence-electron chi connectivity index (χ4n) is 1.95. The van der Waals surface area contributed by atoms with Crippen LogP contribution in [0.25, 0.3) is 0 Å². The second kappa shape index (κ2) is 9.23. The summed E-state index contributed by atoms with van der Waals surface area (Å²) in [6, 6.07) is 9.28. The van der Waals surface area contributed by atoms with Gasteiger partial charge in [-0.25, -0.2) is 4.98 Å². The van der Waals surface area contributed by atoms with Gasteiger partial charge in [0.2, 0.25) is 5.88 Å². The lowest BCUT2D eigenvalue weighted by Gasteiger charge is -2.14. The summed E-state index contributed by atoms with van der Waals surface area (Å²) in [5.74, 6) is 1.15. The molecular weight excluding hydrogens is 353 g/mol. The Kier molecular flexibility index (Phi) is 7.30. The molecule has 2 rings (SSSR count). The van der Waals surface area contributed by atoms with Gasteiger partial charge in [-0.1, -0.05) is 35.3 Å². The summed E-state index contributed by atoms with van der Waals surface area (Å²) < 4.78 is 5.77. The molecule has 4 nitrogen and oxygen atoms in total. The number of halogens is 2. The van der Waals surface area contributed by atoms with Gasteiger partial charge in [-0.3, -0.25) is 0 Å². The van der Waals surface area contributed by atoms with Gasteiger partial charge in [-0.2, -0.15) is 12.6 Å². The lowest BCUT2D eigenvalue weighted by Crippen LogP contribution is -2.30. The van der Waals surface area contributed by atoms with Crippen molar-refractivity contribution in [3.8, 4) is 5.88 Å². The molecule has 1 heterocycles. The van der Waals surface area contributed by atoms with Crippen LogP contribution in [0.4, 0.5) is 5.69 Å². The van der Waals surface area contributed by atoms with Crippen molar-refractivity contribution < 1.29 is 4.74 Å². The van der Waals surface area contributed by atoms with Gasteiger partial charge in [-0.15, -0.1) is 0 Å². The van der Waals surface area contributed by atoms with E-state index in [4.69, 9.17) is 33.7 Å². The highest BCUT2D eigenvalue weighted by molar-refractivity contribution is 7.80. The fraction of sp³-hybridized carbons (Fsp3) is 0.312. The molecule has 0 radical (unpaired) electrons. The van der Waals surface area contributed by atoms with Gasteiger partial charge in [0.25, 0.3) is 0 Å². The highest BCUT2D eigenvalue weighted by atomic mass is 35.5. The number of nitrogens with one attached hydrogen (secondary N) is 1. The van der Waals surface area contributed by atoms with Crippen molar-refractivity contribution in [2.45, 2.75) is 12.5 Å².